The number of aromatic hydroxyl groups is 1. The fraction of sp³-hybridized carbons (Fsp3) is 0.200. The molecule has 1 aliphatic rings. The van der Waals surface area contributed by atoms with Crippen LogP contribution >= 0.6 is 0 Å². The van der Waals surface area contributed by atoms with E-state index in [9.17, 15) is 24.8 Å². The van der Waals surface area contributed by atoms with Gasteiger partial charge in [-0.15, -0.1) is 0 Å². The van der Waals surface area contributed by atoms with Gasteiger partial charge < -0.3 is 25.8 Å². The van der Waals surface area contributed by atoms with Crippen molar-refractivity contribution in [2.75, 3.05) is 11.9 Å². The lowest BCUT2D eigenvalue weighted by Crippen LogP contribution is -2.46. The van der Waals surface area contributed by atoms with Gasteiger partial charge in [-0.05, 0) is 37.6 Å². The van der Waals surface area contributed by atoms with Gasteiger partial charge >= 0.3 is 11.7 Å². The van der Waals surface area contributed by atoms with E-state index in [1.165, 1.54) is 6.07 Å². The molecular formula is C20H20N4O6. The first kappa shape index (κ1) is 20.6. The molecule has 0 bridgehead atoms. The van der Waals surface area contributed by atoms with E-state index in [0.717, 1.165) is 6.07 Å². The van der Waals surface area contributed by atoms with E-state index >= 15 is 0 Å². The molecule has 1 aliphatic heterocycles. The van der Waals surface area contributed by atoms with Crippen LogP contribution in [-0.4, -0.2) is 28.6 Å². The van der Waals surface area contributed by atoms with Gasteiger partial charge in [-0.2, -0.15) is 0 Å². The Balaban J connectivity index is 2.07. The largest absolute Gasteiger partial charge is 0.500 e. The molecule has 10 heteroatoms. The number of nitro groups is 1. The Kier molecular flexibility index (Phi) is 5.86. The van der Waals surface area contributed by atoms with Crippen molar-refractivity contribution in [3.8, 4) is 11.5 Å². The highest BCUT2D eigenvalue weighted by Crippen LogP contribution is 2.40. The van der Waals surface area contributed by atoms with Crippen molar-refractivity contribution in [3.05, 3.63) is 69.4 Å². The Labute approximate surface area is 171 Å². The van der Waals surface area contributed by atoms with Gasteiger partial charge in [-0.1, -0.05) is 18.2 Å². The van der Waals surface area contributed by atoms with Crippen molar-refractivity contribution in [3.63, 3.8) is 0 Å². The number of nitrogens with zero attached hydrogens (tertiary/aromatic N) is 1. The van der Waals surface area contributed by atoms with Crippen LogP contribution in [0.2, 0.25) is 0 Å². The van der Waals surface area contributed by atoms with E-state index in [-0.39, 0.29) is 23.5 Å². The number of nitrogens with one attached hydrogen (secondary N) is 3. The summed E-state index contributed by atoms with van der Waals surface area (Å²) in [5.41, 5.74) is 0.636. The summed E-state index contributed by atoms with van der Waals surface area (Å²) < 4.78 is 5.30. The summed E-state index contributed by atoms with van der Waals surface area (Å²) in [5.74, 6) is -1.23. The van der Waals surface area contributed by atoms with E-state index in [1.54, 1.807) is 44.2 Å². The molecular weight excluding hydrogens is 392 g/mol. The number of hydrogen-bond donors (Lipinski definition) is 4. The number of carbonyl (C=O) groups is 2. The van der Waals surface area contributed by atoms with Gasteiger partial charge in [0.1, 0.15) is 0 Å². The Morgan fingerprint density at radius 1 is 1.30 bits per heavy atom. The highest BCUT2D eigenvalue weighted by Gasteiger charge is 2.33. The number of para-hydroxylation sites is 1. The van der Waals surface area contributed by atoms with Crippen molar-refractivity contribution < 1.29 is 24.4 Å². The number of benzene rings is 2. The van der Waals surface area contributed by atoms with E-state index in [1.807, 2.05) is 0 Å². The molecule has 0 saturated carbocycles. The lowest BCUT2D eigenvalue weighted by atomic mass is 9.94. The summed E-state index contributed by atoms with van der Waals surface area (Å²) in [4.78, 5) is 35.7. The standard InChI is InChI=1S/C20H20N4O6/c1-3-30-15-10-12(9-14(18(15)25)24(28)29)17-16(11(2)21-20(27)23-17)19(26)22-13-7-5-4-6-8-13/h4-10,17,25H,3H2,1-2H3,(H,22,26)(H2,21,23,27)/t17-/m0/s1. The van der Waals surface area contributed by atoms with Crippen molar-refractivity contribution in [1.82, 2.24) is 10.6 Å². The van der Waals surface area contributed by atoms with Crippen molar-refractivity contribution >= 4 is 23.3 Å². The number of phenolic OH excluding ortho intramolecular Hbond substituents is 1. The molecule has 0 aromatic heterocycles. The van der Waals surface area contributed by atoms with E-state index in [2.05, 4.69) is 16.0 Å². The summed E-state index contributed by atoms with van der Waals surface area (Å²) in [5, 5.41) is 29.4. The minimum absolute atomic E-state index is 0.116. The SMILES string of the molecule is CCOc1cc([C@@H]2NC(=O)NC(C)=C2C(=O)Nc2ccccc2)cc([N+](=O)[O-])c1O. The predicted molar refractivity (Wildman–Crippen MR) is 108 cm³/mol. The quantitative estimate of drug-likeness (QED) is 0.424. The highest BCUT2D eigenvalue weighted by molar-refractivity contribution is 6.06. The van der Waals surface area contributed by atoms with Crippen LogP contribution < -0.4 is 20.7 Å². The number of hydrogen-bond acceptors (Lipinski definition) is 6. The molecule has 0 saturated heterocycles. The number of phenols is 1. The highest BCUT2D eigenvalue weighted by atomic mass is 16.6. The first-order valence-corrected chi connectivity index (χ1v) is 9.10. The van der Waals surface area contributed by atoms with Crippen LogP contribution in [0.25, 0.3) is 0 Å². The Hall–Kier alpha value is -4.08. The molecule has 0 fully saturated rings. The van der Waals surface area contributed by atoms with Gasteiger partial charge in [0, 0.05) is 17.5 Å². The number of carbonyl (C=O) groups excluding carboxylic acids is 2. The second kappa shape index (κ2) is 8.52. The molecule has 4 N–H and O–H groups in total. The average molecular weight is 412 g/mol. The van der Waals surface area contributed by atoms with Crippen LogP contribution in [-0.2, 0) is 4.79 Å². The number of amides is 3. The zero-order valence-electron chi connectivity index (χ0n) is 16.3. The molecule has 0 unspecified atom stereocenters. The van der Waals surface area contributed by atoms with Gasteiger partial charge in [0.15, 0.2) is 5.75 Å². The van der Waals surface area contributed by atoms with Gasteiger partial charge in [-0.25, -0.2) is 4.79 Å². The van der Waals surface area contributed by atoms with Crippen LogP contribution in [0, 0.1) is 10.1 Å². The molecule has 1 heterocycles. The monoisotopic (exact) mass is 412 g/mol. The van der Waals surface area contributed by atoms with Gasteiger partial charge in [0.05, 0.1) is 23.1 Å². The third-order valence-electron chi connectivity index (χ3n) is 4.45. The van der Waals surface area contributed by atoms with Gasteiger partial charge in [0.2, 0.25) is 5.75 Å². The number of nitro benzene ring substituents is 1. The molecule has 2 aromatic carbocycles. The van der Waals surface area contributed by atoms with Gasteiger partial charge in [-0.3, -0.25) is 14.9 Å². The van der Waals surface area contributed by atoms with Crippen molar-refractivity contribution in [2.45, 2.75) is 19.9 Å². The fourth-order valence-corrected chi connectivity index (χ4v) is 3.15. The minimum Gasteiger partial charge on any atom is -0.500 e. The van der Waals surface area contributed by atoms with Crippen molar-refractivity contribution in [1.29, 1.82) is 0 Å². The van der Waals surface area contributed by atoms with Crippen LogP contribution in [0.1, 0.15) is 25.5 Å². The molecule has 3 rings (SSSR count). The maximum atomic E-state index is 13.0. The second-order valence-electron chi connectivity index (χ2n) is 6.47. The summed E-state index contributed by atoms with van der Waals surface area (Å²) >= 11 is 0. The summed E-state index contributed by atoms with van der Waals surface area (Å²) in [6.45, 7) is 3.37. The first-order valence-electron chi connectivity index (χ1n) is 9.10. The molecule has 30 heavy (non-hydrogen) atoms. The Bertz CT molecular complexity index is 1040. The maximum Gasteiger partial charge on any atom is 0.319 e. The lowest BCUT2D eigenvalue weighted by Gasteiger charge is -2.29. The second-order valence-corrected chi connectivity index (χ2v) is 6.47. The molecule has 0 spiro atoms. The molecule has 0 radical (unpaired) electrons. The number of ether oxygens (including phenoxy) is 1. The molecule has 156 valence electrons. The lowest BCUT2D eigenvalue weighted by molar-refractivity contribution is -0.386. The Morgan fingerprint density at radius 3 is 2.63 bits per heavy atom. The maximum absolute atomic E-state index is 13.0. The summed E-state index contributed by atoms with van der Waals surface area (Å²) in [6.07, 6.45) is 0. The van der Waals surface area contributed by atoms with E-state index in [4.69, 9.17) is 4.74 Å². The predicted octanol–water partition coefficient (Wildman–Crippen LogP) is 2.97. The van der Waals surface area contributed by atoms with Crippen LogP contribution in [0.3, 0.4) is 0 Å². The number of allylic oxidation sites excluding steroid dienone is 1. The first-order chi connectivity index (χ1) is 14.3. The third kappa shape index (κ3) is 4.17. The Morgan fingerprint density at radius 2 is 2.00 bits per heavy atom. The molecule has 1 atom stereocenters. The minimum atomic E-state index is -0.999. The van der Waals surface area contributed by atoms with Crippen LogP contribution in [0.4, 0.5) is 16.2 Å². The third-order valence-corrected chi connectivity index (χ3v) is 4.45. The van der Waals surface area contributed by atoms with Gasteiger partial charge in [0.25, 0.3) is 5.91 Å². The molecule has 10 nitrogen and oxygen atoms in total. The molecule has 3 amide bonds. The normalized spacial score (nSPS) is 15.8. The van der Waals surface area contributed by atoms with Crippen LogP contribution in [0.5, 0.6) is 11.5 Å². The fourth-order valence-electron chi connectivity index (χ4n) is 3.15. The summed E-state index contributed by atoms with van der Waals surface area (Å²) in [6, 6.07) is 9.63. The molecule has 2 aromatic rings. The number of anilines is 1. The van der Waals surface area contributed by atoms with E-state index in [0.29, 0.717) is 11.4 Å². The smallest absolute Gasteiger partial charge is 0.319 e. The zero-order chi connectivity index (χ0) is 21.8. The topological polar surface area (TPSA) is 143 Å². The van der Waals surface area contributed by atoms with Crippen molar-refractivity contribution in [2.24, 2.45) is 0 Å². The number of rotatable bonds is 6. The van der Waals surface area contributed by atoms with Crippen LogP contribution in [0.15, 0.2) is 53.7 Å². The molecule has 0 aliphatic carbocycles. The average Bonchev–Trinajstić information content (AvgIpc) is 2.69. The zero-order valence-corrected chi connectivity index (χ0v) is 16.3. The number of urea groups is 1. The van der Waals surface area contributed by atoms with E-state index < -0.39 is 34.3 Å². The summed E-state index contributed by atoms with van der Waals surface area (Å²) in [7, 11) is 0.